The molecule has 0 bridgehead atoms. The van der Waals surface area contributed by atoms with E-state index in [1.807, 2.05) is 72.1 Å². The van der Waals surface area contributed by atoms with E-state index >= 15 is 0 Å². The van der Waals surface area contributed by atoms with Gasteiger partial charge in [-0.3, -0.25) is 4.79 Å². The molecule has 0 atom stereocenters. The summed E-state index contributed by atoms with van der Waals surface area (Å²) >= 11 is 1.52. The van der Waals surface area contributed by atoms with E-state index in [2.05, 4.69) is 15.4 Å². The van der Waals surface area contributed by atoms with E-state index in [9.17, 15) is 4.79 Å². The first-order chi connectivity index (χ1) is 15.2. The van der Waals surface area contributed by atoms with Gasteiger partial charge in [-0.1, -0.05) is 48.5 Å². The summed E-state index contributed by atoms with van der Waals surface area (Å²) in [6, 6.07) is 21.7. The van der Waals surface area contributed by atoms with Crippen LogP contribution >= 0.6 is 11.3 Å². The number of anilines is 1. The van der Waals surface area contributed by atoms with E-state index in [0.29, 0.717) is 24.9 Å². The minimum absolute atomic E-state index is 0.0740. The Morgan fingerprint density at radius 2 is 1.84 bits per heavy atom. The summed E-state index contributed by atoms with van der Waals surface area (Å²) in [5.74, 6) is 1.40. The monoisotopic (exact) mass is 434 g/mol. The van der Waals surface area contributed by atoms with Gasteiger partial charge in [-0.25, -0.2) is 0 Å². The summed E-state index contributed by atoms with van der Waals surface area (Å²) < 4.78 is 12.1. The summed E-state index contributed by atoms with van der Waals surface area (Å²) in [7, 11) is 1.48. The van der Waals surface area contributed by atoms with Crippen molar-refractivity contribution in [1.29, 1.82) is 0 Å². The lowest BCUT2D eigenvalue weighted by Crippen LogP contribution is -2.20. The highest BCUT2D eigenvalue weighted by molar-refractivity contribution is 7.13. The minimum atomic E-state index is -0.287. The normalized spacial score (nSPS) is 10.7. The van der Waals surface area contributed by atoms with E-state index in [-0.39, 0.29) is 12.5 Å². The van der Waals surface area contributed by atoms with Crippen LogP contribution in [0.4, 0.5) is 5.95 Å². The number of hydrogen-bond acceptors (Lipinski definition) is 7. The van der Waals surface area contributed by atoms with E-state index in [1.54, 1.807) is 0 Å². The molecule has 7 nitrogen and oxygen atoms in total. The van der Waals surface area contributed by atoms with Gasteiger partial charge in [0.05, 0.1) is 4.88 Å². The number of benzene rings is 2. The van der Waals surface area contributed by atoms with Gasteiger partial charge < -0.3 is 14.8 Å². The number of methoxy groups -OCH3 is 1. The molecule has 8 heteroatoms. The van der Waals surface area contributed by atoms with E-state index in [1.165, 1.54) is 23.1 Å². The fraction of sp³-hybridized carbons (Fsp3) is 0.174. The average Bonchev–Trinajstić information content (AvgIpc) is 3.48. The van der Waals surface area contributed by atoms with E-state index < -0.39 is 0 Å². The zero-order valence-electron chi connectivity index (χ0n) is 17.0. The first kappa shape index (κ1) is 20.8. The highest BCUT2D eigenvalue weighted by atomic mass is 32.1. The number of carbonyl (C=O) groups excluding carboxylic acids is 1. The molecular formula is C23H22N4O3S. The summed E-state index contributed by atoms with van der Waals surface area (Å²) in [6.07, 6.45) is 0. The Labute approximate surface area is 184 Å². The summed E-state index contributed by atoms with van der Waals surface area (Å²) in [5, 5.41) is 9.51. The third-order valence-electron chi connectivity index (χ3n) is 4.48. The lowest BCUT2D eigenvalue weighted by atomic mass is 10.2. The van der Waals surface area contributed by atoms with Crippen molar-refractivity contribution in [3.8, 4) is 16.5 Å². The van der Waals surface area contributed by atoms with Crippen LogP contribution in [0.15, 0.2) is 72.1 Å². The molecule has 0 saturated carbocycles. The maximum absolute atomic E-state index is 12.4. The molecular weight excluding hydrogens is 412 g/mol. The van der Waals surface area contributed by atoms with Crippen LogP contribution in [-0.2, 0) is 17.9 Å². The second-order valence-electron chi connectivity index (χ2n) is 6.75. The van der Waals surface area contributed by atoms with Gasteiger partial charge >= 0.3 is 0 Å². The van der Waals surface area contributed by atoms with Crippen molar-refractivity contribution in [2.75, 3.05) is 19.0 Å². The van der Waals surface area contributed by atoms with Crippen molar-refractivity contribution in [2.24, 2.45) is 0 Å². The molecule has 31 heavy (non-hydrogen) atoms. The van der Waals surface area contributed by atoms with Gasteiger partial charge in [0.15, 0.2) is 5.82 Å². The van der Waals surface area contributed by atoms with Crippen molar-refractivity contribution in [2.45, 2.75) is 13.2 Å². The van der Waals surface area contributed by atoms with Crippen molar-refractivity contribution in [3.63, 3.8) is 0 Å². The van der Waals surface area contributed by atoms with Gasteiger partial charge in [-0.2, -0.15) is 9.67 Å². The standard InChI is InChI=1S/C23H22N4O3S/c1-29-16-21(28)27-23(25-22(26-27)20-8-5-13-31-20)24-14-17-9-11-19(12-10-17)30-15-18-6-3-2-4-7-18/h2-13H,14-16H2,1H3,(H,24,25,26). The second-order valence-corrected chi connectivity index (χ2v) is 7.69. The first-order valence-corrected chi connectivity index (χ1v) is 10.6. The van der Waals surface area contributed by atoms with Crippen molar-refractivity contribution in [3.05, 3.63) is 83.2 Å². The molecule has 0 saturated heterocycles. The predicted molar refractivity (Wildman–Crippen MR) is 120 cm³/mol. The third kappa shape index (κ3) is 5.36. The molecule has 0 fully saturated rings. The smallest absolute Gasteiger partial charge is 0.276 e. The summed E-state index contributed by atoms with van der Waals surface area (Å²) in [4.78, 5) is 17.8. The number of ether oxygens (including phenoxy) is 2. The molecule has 2 aromatic carbocycles. The van der Waals surface area contributed by atoms with Crippen LogP contribution < -0.4 is 10.1 Å². The maximum Gasteiger partial charge on any atom is 0.276 e. The van der Waals surface area contributed by atoms with Crippen molar-refractivity contribution < 1.29 is 14.3 Å². The largest absolute Gasteiger partial charge is 0.489 e. The number of aromatic nitrogens is 3. The fourth-order valence-corrected chi connectivity index (χ4v) is 3.57. The maximum atomic E-state index is 12.4. The molecule has 0 radical (unpaired) electrons. The molecule has 4 rings (SSSR count). The Morgan fingerprint density at radius 1 is 1.03 bits per heavy atom. The van der Waals surface area contributed by atoms with Gasteiger partial charge in [-0.05, 0) is 34.7 Å². The van der Waals surface area contributed by atoms with Crippen LogP contribution in [-0.4, -0.2) is 34.4 Å². The average molecular weight is 435 g/mol. The molecule has 0 amide bonds. The molecule has 0 spiro atoms. The molecule has 1 N–H and O–H groups in total. The highest BCUT2D eigenvalue weighted by Gasteiger charge is 2.17. The quantitative estimate of drug-likeness (QED) is 0.418. The second kappa shape index (κ2) is 10.0. The van der Waals surface area contributed by atoms with E-state index in [0.717, 1.165) is 21.8 Å². The topological polar surface area (TPSA) is 78.3 Å². The Hall–Kier alpha value is -3.49. The minimum Gasteiger partial charge on any atom is -0.489 e. The van der Waals surface area contributed by atoms with Crippen LogP contribution in [0, 0.1) is 0 Å². The predicted octanol–water partition coefficient (Wildman–Crippen LogP) is 4.48. The Kier molecular flexibility index (Phi) is 6.71. The van der Waals surface area contributed by atoms with Gasteiger partial charge in [0.2, 0.25) is 5.95 Å². The van der Waals surface area contributed by atoms with Crippen LogP contribution in [0.1, 0.15) is 15.9 Å². The van der Waals surface area contributed by atoms with Gasteiger partial charge in [0.25, 0.3) is 5.91 Å². The third-order valence-corrected chi connectivity index (χ3v) is 5.34. The number of nitrogens with one attached hydrogen (secondary N) is 1. The molecule has 158 valence electrons. The van der Waals surface area contributed by atoms with Gasteiger partial charge in [0.1, 0.15) is 19.0 Å². The van der Waals surface area contributed by atoms with Crippen LogP contribution in [0.2, 0.25) is 0 Å². The summed E-state index contributed by atoms with van der Waals surface area (Å²) in [5.41, 5.74) is 2.15. The number of carbonyl (C=O) groups is 1. The number of hydrogen-bond donors (Lipinski definition) is 1. The highest BCUT2D eigenvalue weighted by Crippen LogP contribution is 2.23. The lowest BCUT2D eigenvalue weighted by Gasteiger charge is -2.09. The van der Waals surface area contributed by atoms with Crippen LogP contribution in [0.5, 0.6) is 5.75 Å². The number of rotatable bonds is 9. The zero-order valence-corrected chi connectivity index (χ0v) is 17.8. The van der Waals surface area contributed by atoms with E-state index in [4.69, 9.17) is 9.47 Å². The van der Waals surface area contributed by atoms with Crippen LogP contribution in [0.25, 0.3) is 10.7 Å². The Bertz CT molecular complexity index is 1110. The SMILES string of the molecule is COCC(=O)n1nc(-c2cccs2)nc1NCc1ccc(OCc2ccccc2)cc1. The number of thiophene rings is 1. The summed E-state index contributed by atoms with van der Waals surface area (Å²) in [6.45, 7) is 0.936. The Morgan fingerprint density at radius 3 is 2.55 bits per heavy atom. The van der Waals surface area contributed by atoms with Crippen molar-refractivity contribution >= 4 is 23.2 Å². The molecule has 2 aromatic heterocycles. The fourth-order valence-electron chi connectivity index (χ4n) is 2.92. The van der Waals surface area contributed by atoms with Crippen molar-refractivity contribution in [1.82, 2.24) is 14.8 Å². The lowest BCUT2D eigenvalue weighted by molar-refractivity contribution is 0.0748. The molecule has 0 unspecified atom stereocenters. The molecule has 0 aliphatic carbocycles. The molecule has 2 heterocycles. The zero-order chi connectivity index (χ0) is 21.5. The van der Waals surface area contributed by atoms with Gasteiger partial charge in [-0.15, -0.1) is 16.4 Å². The first-order valence-electron chi connectivity index (χ1n) is 9.75. The molecule has 0 aliphatic rings. The molecule has 4 aromatic rings. The Balaban J connectivity index is 1.41. The van der Waals surface area contributed by atoms with Crippen LogP contribution in [0.3, 0.4) is 0 Å². The van der Waals surface area contributed by atoms with Gasteiger partial charge in [0, 0.05) is 13.7 Å². The number of nitrogens with zero attached hydrogens (tertiary/aromatic N) is 3. The molecule has 0 aliphatic heterocycles.